The number of aliphatic hydroxyl groups is 1. The molecule has 0 heterocycles. The Bertz CT molecular complexity index is 512. The van der Waals surface area contributed by atoms with Crippen molar-refractivity contribution in [2.45, 2.75) is 18.2 Å². The van der Waals surface area contributed by atoms with Crippen molar-refractivity contribution in [3.63, 3.8) is 0 Å². The molecule has 0 radical (unpaired) electrons. The van der Waals surface area contributed by atoms with Crippen molar-refractivity contribution in [3.05, 3.63) is 24.0 Å². The van der Waals surface area contributed by atoms with Gasteiger partial charge in [0.25, 0.3) is 0 Å². The van der Waals surface area contributed by atoms with Crippen molar-refractivity contribution < 1.29 is 22.7 Å². The van der Waals surface area contributed by atoms with Gasteiger partial charge in [-0.3, -0.25) is 0 Å². The van der Waals surface area contributed by atoms with Crippen LogP contribution in [-0.4, -0.2) is 44.6 Å². The highest BCUT2D eigenvalue weighted by Gasteiger charge is 2.24. The Kier molecular flexibility index (Phi) is 5.71. The average molecular weight is 291 g/mol. The van der Waals surface area contributed by atoms with Gasteiger partial charge in [0.15, 0.2) is 11.6 Å². The quantitative estimate of drug-likeness (QED) is 0.820. The molecule has 0 unspecified atom stereocenters. The number of rotatable bonds is 7. The van der Waals surface area contributed by atoms with Crippen LogP contribution in [0.1, 0.15) is 13.3 Å². The van der Waals surface area contributed by atoms with E-state index in [1.807, 2.05) is 6.92 Å². The van der Waals surface area contributed by atoms with E-state index >= 15 is 0 Å². The highest BCUT2D eigenvalue weighted by Crippen LogP contribution is 2.23. The van der Waals surface area contributed by atoms with Gasteiger partial charge in [-0.1, -0.05) is 6.92 Å². The van der Waals surface area contributed by atoms with E-state index in [-0.39, 0.29) is 30.3 Å². The van der Waals surface area contributed by atoms with Crippen LogP contribution in [0.4, 0.5) is 4.39 Å². The summed E-state index contributed by atoms with van der Waals surface area (Å²) in [6, 6.07) is 3.48. The summed E-state index contributed by atoms with van der Waals surface area (Å²) in [6.07, 6.45) is 0.609. The maximum absolute atomic E-state index is 13.6. The van der Waals surface area contributed by atoms with Crippen LogP contribution in [0.5, 0.6) is 5.75 Å². The van der Waals surface area contributed by atoms with Gasteiger partial charge in [-0.15, -0.1) is 0 Å². The maximum atomic E-state index is 13.6. The highest BCUT2D eigenvalue weighted by molar-refractivity contribution is 7.89. The van der Waals surface area contributed by atoms with Gasteiger partial charge in [-0.25, -0.2) is 12.8 Å². The van der Waals surface area contributed by atoms with Gasteiger partial charge in [0, 0.05) is 13.1 Å². The summed E-state index contributed by atoms with van der Waals surface area (Å²) in [5.41, 5.74) is 0. The van der Waals surface area contributed by atoms with Gasteiger partial charge in [0.1, 0.15) is 0 Å². The van der Waals surface area contributed by atoms with E-state index in [0.717, 1.165) is 10.4 Å². The second-order valence-corrected chi connectivity index (χ2v) is 5.86. The normalized spacial score (nSPS) is 11.8. The molecule has 0 aliphatic heterocycles. The Labute approximate surface area is 112 Å². The van der Waals surface area contributed by atoms with E-state index in [4.69, 9.17) is 9.84 Å². The molecule has 0 bridgehead atoms. The number of halogens is 1. The summed E-state index contributed by atoms with van der Waals surface area (Å²) in [7, 11) is -2.49. The zero-order valence-corrected chi connectivity index (χ0v) is 11.8. The van der Waals surface area contributed by atoms with Crippen LogP contribution in [0.3, 0.4) is 0 Å². The second-order valence-electron chi connectivity index (χ2n) is 3.92. The summed E-state index contributed by atoms with van der Waals surface area (Å²) in [5.74, 6) is -0.743. The average Bonchev–Trinajstić information content (AvgIpc) is 2.38. The minimum absolute atomic E-state index is 0.0101. The number of sulfonamides is 1. The Balaban J connectivity index is 3.14. The maximum Gasteiger partial charge on any atom is 0.243 e. The molecule has 1 N–H and O–H groups in total. The number of hydrogen-bond donors (Lipinski definition) is 1. The molecule has 0 amide bonds. The SMILES string of the molecule is CCCN(CCO)S(=O)(=O)c1ccc(OC)c(F)c1. The van der Waals surface area contributed by atoms with E-state index < -0.39 is 15.8 Å². The predicted octanol–water partition coefficient (Wildman–Crippen LogP) is 1.23. The molecule has 19 heavy (non-hydrogen) atoms. The van der Waals surface area contributed by atoms with Crippen molar-refractivity contribution >= 4 is 10.0 Å². The van der Waals surface area contributed by atoms with Crippen LogP contribution in [0.25, 0.3) is 0 Å². The minimum atomic E-state index is -3.80. The molecule has 0 fully saturated rings. The van der Waals surface area contributed by atoms with Crippen molar-refractivity contribution in [2.75, 3.05) is 26.8 Å². The van der Waals surface area contributed by atoms with Crippen LogP contribution in [0.2, 0.25) is 0 Å². The lowest BCUT2D eigenvalue weighted by atomic mass is 10.3. The van der Waals surface area contributed by atoms with Crippen molar-refractivity contribution in [2.24, 2.45) is 0 Å². The molecule has 5 nitrogen and oxygen atoms in total. The van der Waals surface area contributed by atoms with E-state index in [1.165, 1.54) is 19.2 Å². The Morgan fingerprint density at radius 1 is 1.37 bits per heavy atom. The van der Waals surface area contributed by atoms with Gasteiger partial charge in [-0.2, -0.15) is 4.31 Å². The first-order chi connectivity index (χ1) is 8.97. The van der Waals surface area contributed by atoms with Crippen LogP contribution < -0.4 is 4.74 Å². The van der Waals surface area contributed by atoms with E-state index in [2.05, 4.69) is 0 Å². The molecule has 0 atom stereocenters. The first kappa shape index (κ1) is 15.9. The Hall–Kier alpha value is -1.18. The first-order valence-corrected chi connectivity index (χ1v) is 7.36. The van der Waals surface area contributed by atoms with Crippen molar-refractivity contribution in [1.82, 2.24) is 4.31 Å². The lowest BCUT2D eigenvalue weighted by molar-refractivity contribution is 0.253. The first-order valence-electron chi connectivity index (χ1n) is 5.92. The van der Waals surface area contributed by atoms with E-state index in [1.54, 1.807) is 0 Å². The van der Waals surface area contributed by atoms with Crippen LogP contribution in [0, 0.1) is 5.82 Å². The Morgan fingerprint density at radius 3 is 2.53 bits per heavy atom. The lowest BCUT2D eigenvalue weighted by Gasteiger charge is -2.20. The summed E-state index contributed by atoms with van der Waals surface area (Å²) in [6.45, 7) is 1.81. The fraction of sp³-hybridized carbons (Fsp3) is 0.500. The number of benzene rings is 1. The van der Waals surface area contributed by atoms with Crippen LogP contribution in [-0.2, 0) is 10.0 Å². The molecular formula is C12H18FNO4S. The number of aliphatic hydroxyl groups excluding tert-OH is 1. The molecule has 0 saturated heterocycles. The topological polar surface area (TPSA) is 66.8 Å². The number of hydrogen-bond acceptors (Lipinski definition) is 4. The molecule has 1 rings (SSSR count). The van der Waals surface area contributed by atoms with Gasteiger partial charge >= 0.3 is 0 Å². The second kappa shape index (κ2) is 6.83. The van der Waals surface area contributed by atoms with Gasteiger partial charge in [0.05, 0.1) is 18.6 Å². The third-order valence-electron chi connectivity index (χ3n) is 2.58. The molecule has 1 aromatic rings. The standard InChI is InChI=1S/C12H18FNO4S/c1-3-6-14(7-8-15)19(16,17)10-4-5-12(18-2)11(13)9-10/h4-5,9,15H,3,6-8H2,1-2H3. The molecule has 0 saturated carbocycles. The van der Waals surface area contributed by atoms with Gasteiger partial charge in [-0.05, 0) is 24.6 Å². The lowest BCUT2D eigenvalue weighted by Crippen LogP contribution is -2.34. The molecular weight excluding hydrogens is 273 g/mol. The summed E-state index contributed by atoms with van der Waals surface area (Å²) >= 11 is 0. The molecule has 0 aliphatic carbocycles. The zero-order chi connectivity index (χ0) is 14.5. The van der Waals surface area contributed by atoms with Crippen LogP contribution >= 0.6 is 0 Å². The number of ether oxygens (including phenoxy) is 1. The molecule has 0 aliphatic rings. The Morgan fingerprint density at radius 2 is 2.05 bits per heavy atom. The third kappa shape index (κ3) is 3.65. The fourth-order valence-electron chi connectivity index (χ4n) is 1.67. The predicted molar refractivity (Wildman–Crippen MR) is 69.1 cm³/mol. The minimum Gasteiger partial charge on any atom is -0.494 e. The zero-order valence-electron chi connectivity index (χ0n) is 11.0. The summed E-state index contributed by atoms with van der Waals surface area (Å²) in [5, 5.41) is 8.91. The molecule has 0 aromatic heterocycles. The summed E-state index contributed by atoms with van der Waals surface area (Å²) in [4.78, 5) is -0.146. The molecule has 1 aromatic carbocycles. The monoisotopic (exact) mass is 291 g/mol. The van der Waals surface area contributed by atoms with Gasteiger partial charge in [0.2, 0.25) is 10.0 Å². The van der Waals surface area contributed by atoms with Gasteiger partial charge < -0.3 is 9.84 Å². The molecule has 108 valence electrons. The molecule has 7 heteroatoms. The smallest absolute Gasteiger partial charge is 0.243 e. The third-order valence-corrected chi connectivity index (χ3v) is 4.48. The number of nitrogens with zero attached hydrogens (tertiary/aromatic N) is 1. The fourth-order valence-corrected chi connectivity index (χ4v) is 3.21. The van der Waals surface area contributed by atoms with Crippen molar-refractivity contribution in [3.8, 4) is 5.75 Å². The summed E-state index contributed by atoms with van der Waals surface area (Å²) < 4.78 is 44.0. The highest BCUT2D eigenvalue weighted by atomic mass is 32.2. The van der Waals surface area contributed by atoms with E-state index in [0.29, 0.717) is 6.42 Å². The van der Waals surface area contributed by atoms with E-state index in [9.17, 15) is 12.8 Å². The van der Waals surface area contributed by atoms with Crippen LogP contribution in [0.15, 0.2) is 23.1 Å². The number of methoxy groups -OCH3 is 1. The molecule has 0 spiro atoms. The van der Waals surface area contributed by atoms with Crippen molar-refractivity contribution in [1.29, 1.82) is 0 Å². The largest absolute Gasteiger partial charge is 0.494 e.